The number of hydrogen-bond acceptors (Lipinski definition) is 5. The van der Waals surface area contributed by atoms with Crippen molar-refractivity contribution in [1.82, 2.24) is 16.0 Å². The van der Waals surface area contributed by atoms with Crippen LogP contribution in [0.5, 0.6) is 0 Å². The number of nitrogens with zero attached hydrogens (tertiary/aromatic N) is 1. The zero-order valence-corrected chi connectivity index (χ0v) is 18.6. The molecule has 0 aliphatic rings. The Morgan fingerprint density at radius 2 is 1.56 bits per heavy atom. The fourth-order valence-electron chi connectivity index (χ4n) is 3.00. The summed E-state index contributed by atoms with van der Waals surface area (Å²) in [4.78, 5) is 53.2. The van der Waals surface area contributed by atoms with E-state index in [9.17, 15) is 19.2 Å². The normalized spacial score (nSPS) is 13.4. The highest BCUT2D eigenvalue weighted by molar-refractivity contribution is 5.94. The molecule has 1 aromatic carbocycles. The molecule has 3 atom stereocenters. The van der Waals surface area contributed by atoms with Crippen LogP contribution in [0.15, 0.2) is 35.3 Å². The minimum atomic E-state index is -1.00. The number of carbonyl (C=O) groups is 4. The average Bonchev–Trinajstić information content (AvgIpc) is 2.71. The molecule has 176 valence electrons. The molecule has 0 spiro atoms. The van der Waals surface area contributed by atoms with Gasteiger partial charge in [-0.3, -0.25) is 24.2 Å². The molecule has 32 heavy (non-hydrogen) atoms. The topological polar surface area (TPSA) is 195 Å². The number of nitrogens with one attached hydrogen (secondary N) is 3. The summed E-state index contributed by atoms with van der Waals surface area (Å²) in [7, 11) is 0. The highest BCUT2D eigenvalue weighted by atomic mass is 16.2. The molecule has 0 radical (unpaired) electrons. The van der Waals surface area contributed by atoms with Gasteiger partial charge in [0.2, 0.25) is 23.6 Å². The van der Waals surface area contributed by atoms with Crippen molar-refractivity contribution < 1.29 is 19.2 Å². The van der Waals surface area contributed by atoms with Crippen LogP contribution < -0.4 is 33.2 Å². The van der Waals surface area contributed by atoms with E-state index in [2.05, 4.69) is 20.9 Å². The Hall–Kier alpha value is -3.63. The van der Waals surface area contributed by atoms with Crippen LogP contribution in [-0.4, -0.2) is 48.2 Å². The number of hydrogen-bond donors (Lipinski definition) is 6. The number of guanidine groups is 1. The summed E-state index contributed by atoms with van der Waals surface area (Å²) in [6.45, 7) is 5.02. The molecule has 11 nitrogen and oxygen atoms in total. The molecule has 1 rings (SSSR count). The van der Waals surface area contributed by atoms with Crippen molar-refractivity contribution in [2.24, 2.45) is 28.1 Å². The molecule has 0 saturated heterocycles. The van der Waals surface area contributed by atoms with E-state index >= 15 is 0 Å². The van der Waals surface area contributed by atoms with Crippen molar-refractivity contribution in [2.45, 2.75) is 51.7 Å². The van der Waals surface area contributed by atoms with Gasteiger partial charge >= 0.3 is 0 Å². The van der Waals surface area contributed by atoms with Gasteiger partial charge in [0.25, 0.3) is 0 Å². The van der Waals surface area contributed by atoms with Crippen molar-refractivity contribution in [1.29, 1.82) is 0 Å². The van der Waals surface area contributed by atoms with Crippen molar-refractivity contribution in [3.63, 3.8) is 0 Å². The van der Waals surface area contributed by atoms with Gasteiger partial charge in [0.05, 0.1) is 0 Å². The predicted octanol–water partition coefficient (Wildman–Crippen LogP) is -0.972. The first-order valence-corrected chi connectivity index (χ1v) is 10.3. The van der Waals surface area contributed by atoms with Gasteiger partial charge in [0.1, 0.15) is 18.1 Å². The maximum atomic E-state index is 13.0. The van der Waals surface area contributed by atoms with Crippen LogP contribution >= 0.6 is 0 Å². The highest BCUT2D eigenvalue weighted by Crippen LogP contribution is 2.14. The number of aliphatic imine (C=N–C) groups is 1. The van der Waals surface area contributed by atoms with Gasteiger partial charge in [-0.2, -0.15) is 0 Å². The van der Waals surface area contributed by atoms with E-state index < -0.39 is 41.8 Å². The summed E-state index contributed by atoms with van der Waals surface area (Å²) in [6, 6.07) is 5.72. The quantitative estimate of drug-likeness (QED) is 0.135. The average molecular weight is 448 g/mol. The number of benzene rings is 1. The minimum absolute atomic E-state index is 0.0848. The van der Waals surface area contributed by atoms with Gasteiger partial charge in [-0.25, -0.2) is 0 Å². The fraction of sp³-hybridized carbons (Fsp3) is 0.476. The zero-order chi connectivity index (χ0) is 24.3. The number of rotatable bonds is 12. The maximum absolute atomic E-state index is 13.0. The van der Waals surface area contributed by atoms with Crippen LogP contribution in [0.4, 0.5) is 0 Å². The van der Waals surface area contributed by atoms with E-state index in [0.717, 1.165) is 0 Å². The molecule has 1 aromatic rings. The summed E-state index contributed by atoms with van der Waals surface area (Å²) in [5, 5.41) is 7.84. The largest absolute Gasteiger partial charge is 0.370 e. The Kier molecular flexibility index (Phi) is 10.7. The third kappa shape index (κ3) is 9.02. The fourth-order valence-corrected chi connectivity index (χ4v) is 3.00. The van der Waals surface area contributed by atoms with E-state index in [1.807, 2.05) is 0 Å². The molecule has 0 aliphatic carbocycles. The van der Waals surface area contributed by atoms with E-state index in [0.29, 0.717) is 12.0 Å². The van der Waals surface area contributed by atoms with E-state index in [4.69, 9.17) is 17.2 Å². The molecule has 3 unspecified atom stereocenters. The van der Waals surface area contributed by atoms with Gasteiger partial charge < -0.3 is 33.2 Å². The molecule has 4 amide bonds. The first-order valence-electron chi connectivity index (χ1n) is 10.3. The summed E-state index contributed by atoms with van der Waals surface area (Å²) < 4.78 is 0. The van der Waals surface area contributed by atoms with Gasteiger partial charge in [0, 0.05) is 13.5 Å². The Bertz CT molecular complexity index is 823. The lowest BCUT2D eigenvalue weighted by Crippen LogP contribution is -2.55. The Labute approximate surface area is 187 Å². The molecule has 0 heterocycles. The smallest absolute Gasteiger partial charge is 0.247 e. The number of amides is 4. The first-order chi connectivity index (χ1) is 15.0. The van der Waals surface area contributed by atoms with Gasteiger partial charge in [0.15, 0.2) is 5.96 Å². The zero-order valence-electron chi connectivity index (χ0n) is 18.6. The van der Waals surface area contributed by atoms with E-state index in [1.54, 1.807) is 44.2 Å². The van der Waals surface area contributed by atoms with Crippen molar-refractivity contribution in [3.05, 3.63) is 35.9 Å². The molecule has 0 saturated carbocycles. The standard InChI is InChI=1S/C21H33N7O4/c1-12(2)16(18(22)30)28-19(31)15(10-7-11-25-21(23)24)27-20(32)17(26-13(3)29)14-8-5-4-6-9-14/h4-6,8-9,12,15-17H,7,10-11H2,1-3H3,(H2,22,30)(H,26,29)(H,27,32)(H,28,31)(H4,23,24,25). The minimum Gasteiger partial charge on any atom is -0.370 e. The van der Waals surface area contributed by atoms with E-state index in [-0.39, 0.29) is 24.8 Å². The van der Waals surface area contributed by atoms with Crippen molar-refractivity contribution in [2.75, 3.05) is 6.54 Å². The molecule has 0 bridgehead atoms. The first kappa shape index (κ1) is 26.4. The monoisotopic (exact) mass is 447 g/mol. The molecule has 9 N–H and O–H groups in total. The van der Waals surface area contributed by atoms with Crippen LogP contribution in [0.3, 0.4) is 0 Å². The number of nitrogens with two attached hydrogens (primary N) is 3. The number of primary amides is 1. The molecular formula is C21H33N7O4. The van der Waals surface area contributed by atoms with Crippen molar-refractivity contribution >= 4 is 29.6 Å². The lowest BCUT2D eigenvalue weighted by atomic mass is 10.0. The predicted molar refractivity (Wildman–Crippen MR) is 121 cm³/mol. The summed E-state index contributed by atoms with van der Waals surface area (Å²) in [5.74, 6) is -2.57. The molecule has 0 aliphatic heterocycles. The second-order valence-electron chi connectivity index (χ2n) is 7.69. The van der Waals surface area contributed by atoms with Gasteiger partial charge in [-0.05, 0) is 24.3 Å². The Balaban J connectivity index is 3.06. The molecule has 11 heteroatoms. The highest BCUT2D eigenvalue weighted by Gasteiger charge is 2.30. The SMILES string of the molecule is CC(=O)NC(C(=O)NC(CCCN=C(N)N)C(=O)NC(C(N)=O)C(C)C)c1ccccc1. The van der Waals surface area contributed by atoms with E-state index in [1.165, 1.54) is 6.92 Å². The second kappa shape index (κ2) is 12.9. The van der Waals surface area contributed by atoms with Crippen LogP contribution in [0.2, 0.25) is 0 Å². The summed E-state index contributed by atoms with van der Waals surface area (Å²) in [5.41, 5.74) is 16.6. The van der Waals surface area contributed by atoms with Crippen LogP contribution in [0, 0.1) is 5.92 Å². The van der Waals surface area contributed by atoms with Crippen LogP contribution in [-0.2, 0) is 19.2 Å². The molecule has 0 fully saturated rings. The van der Waals surface area contributed by atoms with Gasteiger partial charge in [-0.1, -0.05) is 44.2 Å². The van der Waals surface area contributed by atoms with Crippen molar-refractivity contribution in [3.8, 4) is 0 Å². The van der Waals surface area contributed by atoms with Crippen LogP contribution in [0.25, 0.3) is 0 Å². The maximum Gasteiger partial charge on any atom is 0.247 e. The molecular weight excluding hydrogens is 414 g/mol. The van der Waals surface area contributed by atoms with Gasteiger partial charge in [-0.15, -0.1) is 0 Å². The Morgan fingerprint density at radius 3 is 2.06 bits per heavy atom. The lowest BCUT2D eigenvalue weighted by molar-refractivity contribution is -0.133. The Morgan fingerprint density at radius 1 is 0.938 bits per heavy atom. The summed E-state index contributed by atoms with van der Waals surface area (Å²) in [6.07, 6.45) is 0.578. The second-order valence-corrected chi connectivity index (χ2v) is 7.69. The molecule has 0 aromatic heterocycles. The third-order valence-electron chi connectivity index (χ3n) is 4.59. The summed E-state index contributed by atoms with van der Waals surface area (Å²) >= 11 is 0. The number of carbonyl (C=O) groups excluding carboxylic acids is 4. The third-order valence-corrected chi connectivity index (χ3v) is 4.59. The van der Waals surface area contributed by atoms with Crippen LogP contribution in [0.1, 0.15) is 45.2 Å². The lowest BCUT2D eigenvalue weighted by Gasteiger charge is -2.26.